The van der Waals surface area contributed by atoms with Crippen LogP contribution in [0.5, 0.6) is 0 Å². The van der Waals surface area contributed by atoms with E-state index < -0.39 is 0 Å². The summed E-state index contributed by atoms with van der Waals surface area (Å²) in [4.78, 5) is 8.33. The van der Waals surface area contributed by atoms with Gasteiger partial charge in [-0.1, -0.05) is 13.8 Å². The van der Waals surface area contributed by atoms with Crippen LogP contribution in [-0.2, 0) is 0 Å². The second-order valence-corrected chi connectivity index (χ2v) is 4.37. The predicted octanol–water partition coefficient (Wildman–Crippen LogP) is 0.890. The van der Waals surface area contributed by atoms with E-state index in [0.717, 1.165) is 11.5 Å². The molecule has 1 aromatic rings. The molecule has 0 fully saturated rings. The number of aliphatic hydroxyl groups excluding tert-OH is 1. The molecule has 6 heteroatoms. The van der Waals surface area contributed by atoms with E-state index in [1.165, 1.54) is 0 Å². The first-order chi connectivity index (χ1) is 8.06. The molecule has 0 spiro atoms. The van der Waals surface area contributed by atoms with Gasteiger partial charge in [-0.3, -0.25) is 5.43 Å². The summed E-state index contributed by atoms with van der Waals surface area (Å²) in [5.41, 5.74) is 3.27. The average molecular weight is 239 g/mol. The molecule has 1 rings (SSSR count). The summed E-state index contributed by atoms with van der Waals surface area (Å²) >= 11 is 0. The van der Waals surface area contributed by atoms with Crippen LogP contribution in [0.15, 0.2) is 6.07 Å². The molecule has 17 heavy (non-hydrogen) atoms. The molecular weight excluding hydrogens is 218 g/mol. The van der Waals surface area contributed by atoms with Crippen molar-refractivity contribution in [3.63, 3.8) is 0 Å². The van der Waals surface area contributed by atoms with Gasteiger partial charge in [-0.05, 0) is 19.3 Å². The Hall–Kier alpha value is -1.40. The molecule has 1 atom stereocenters. The summed E-state index contributed by atoms with van der Waals surface area (Å²) in [5, 5.41) is 12.3. The lowest BCUT2D eigenvalue weighted by Crippen LogP contribution is -2.27. The number of rotatable bonds is 6. The third kappa shape index (κ3) is 4.16. The highest BCUT2D eigenvalue weighted by Crippen LogP contribution is 2.15. The third-order valence-corrected chi connectivity index (χ3v) is 2.56. The Labute approximate surface area is 102 Å². The number of nitrogens with zero attached hydrogens (tertiary/aromatic N) is 2. The van der Waals surface area contributed by atoms with Gasteiger partial charge in [-0.25, -0.2) is 10.8 Å². The van der Waals surface area contributed by atoms with Crippen molar-refractivity contribution in [1.82, 2.24) is 9.97 Å². The highest BCUT2D eigenvalue weighted by Gasteiger charge is 2.13. The molecule has 0 aliphatic rings. The molecule has 1 heterocycles. The second-order valence-electron chi connectivity index (χ2n) is 4.37. The lowest BCUT2D eigenvalue weighted by atomic mass is 10.0. The van der Waals surface area contributed by atoms with Crippen LogP contribution in [0.3, 0.4) is 0 Å². The number of aliphatic hydroxyl groups is 1. The van der Waals surface area contributed by atoms with Gasteiger partial charge in [0.25, 0.3) is 0 Å². The number of nitrogen functional groups attached to an aromatic ring is 1. The van der Waals surface area contributed by atoms with Crippen molar-refractivity contribution < 1.29 is 5.11 Å². The van der Waals surface area contributed by atoms with Crippen molar-refractivity contribution >= 4 is 11.8 Å². The zero-order chi connectivity index (χ0) is 12.8. The van der Waals surface area contributed by atoms with E-state index in [1.54, 1.807) is 0 Å². The first kappa shape index (κ1) is 13.7. The SMILES string of the molecule is Cc1cc(NC(CCO)C(C)C)nc(NN)n1. The fourth-order valence-corrected chi connectivity index (χ4v) is 1.61. The van der Waals surface area contributed by atoms with E-state index in [2.05, 4.69) is 34.6 Å². The van der Waals surface area contributed by atoms with Gasteiger partial charge < -0.3 is 10.4 Å². The number of aromatic nitrogens is 2. The maximum atomic E-state index is 9.01. The minimum Gasteiger partial charge on any atom is -0.396 e. The Morgan fingerprint density at radius 1 is 1.41 bits per heavy atom. The number of anilines is 2. The Balaban J connectivity index is 2.81. The van der Waals surface area contributed by atoms with Gasteiger partial charge in [-0.2, -0.15) is 4.98 Å². The molecule has 0 aliphatic heterocycles. The second kappa shape index (κ2) is 6.36. The Morgan fingerprint density at radius 2 is 2.12 bits per heavy atom. The highest BCUT2D eigenvalue weighted by atomic mass is 16.3. The molecule has 1 unspecified atom stereocenters. The van der Waals surface area contributed by atoms with Crippen LogP contribution < -0.4 is 16.6 Å². The zero-order valence-electron chi connectivity index (χ0n) is 10.6. The molecule has 0 amide bonds. The summed E-state index contributed by atoms with van der Waals surface area (Å²) in [6, 6.07) is 2.04. The molecule has 0 aliphatic carbocycles. The summed E-state index contributed by atoms with van der Waals surface area (Å²) in [7, 11) is 0. The number of hydrazine groups is 1. The van der Waals surface area contributed by atoms with Crippen molar-refractivity contribution in [2.24, 2.45) is 11.8 Å². The van der Waals surface area contributed by atoms with Crippen molar-refractivity contribution in [1.29, 1.82) is 0 Å². The molecule has 0 saturated carbocycles. The number of nitrogens with one attached hydrogen (secondary N) is 2. The smallest absolute Gasteiger partial charge is 0.239 e. The maximum absolute atomic E-state index is 9.01. The fraction of sp³-hybridized carbons (Fsp3) is 0.636. The van der Waals surface area contributed by atoms with Crippen LogP contribution in [0.4, 0.5) is 11.8 Å². The van der Waals surface area contributed by atoms with Gasteiger partial charge >= 0.3 is 0 Å². The molecule has 0 saturated heterocycles. The predicted molar refractivity (Wildman–Crippen MR) is 68.5 cm³/mol. The van der Waals surface area contributed by atoms with Gasteiger partial charge in [0.1, 0.15) is 5.82 Å². The molecule has 5 N–H and O–H groups in total. The van der Waals surface area contributed by atoms with E-state index >= 15 is 0 Å². The van der Waals surface area contributed by atoms with E-state index in [4.69, 9.17) is 10.9 Å². The average Bonchev–Trinajstić information content (AvgIpc) is 2.27. The normalized spacial score (nSPS) is 12.6. The Morgan fingerprint density at radius 3 is 2.65 bits per heavy atom. The number of nitrogens with two attached hydrogens (primary N) is 1. The monoisotopic (exact) mass is 239 g/mol. The summed E-state index contributed by atoms with van der Waals surface area (Å²) in [5.74, 6) is 6.81. The molecular formula is C11H21N5O. The van der Waals surface area contributed by atoms with Crippen LogP contribution in [0, 0.1) is 12.8 Å². The fourth-order valence-electron chi connectivity index (χ4n) is 1.61. The molecule has 6 nitrogen and oxygen atoms in total. The van der Waals surface area contributed by atoms with Gasteiger partial charge in [0.05, 0.1) is 0 Å². The zero-order valence-corrected chi connectivity index (χ0v) is 10.6. The number of hydrogen-bond acceptors (Lipinski definition) is 6. The number of hydrogen-bond donors (Lipinski definition) is 4. The minimum atomic E-state index is 0.155. The quantitative estimate of drug-likeness (QED) is 0.435. The first-order valence-corrected chi connectivity index (χ1v) is 5.76. The highest BCUT2D eigenvalue weighted by molar-refractivity contribution is 5.42. The van der Waals surface area contributed by atoms with Crippen molar-refractivity contribution in [3.05, 3.63) is 11.8 Å². The van der Waals surface area contributed by atoms with Crippen LogP contribution in [0.1, 0.15) is 26.0 Å². The Kier molecular flexibility index (Phi) is 5.11. The Bertz CT molecular complexity index is 356. The topological polar surface area (TPSA) is 96.1 Å². The van der Waals surface area contributed by atoms with Gasteiger partial charge in [0.2, 0.25) is 5.95 Å². The van der Waals surface area contributed by atoms with Crippen LogP contribution in [-0.4, -0.2) is 27.7 Å². The van der Waals surface area contributed by atoms with Gasteiger partial charge in [0, 0.05) is 24.4 Å². The van der Waals surface area contributed by atoms with Crippen LogP contribution >= 0.6 is 0 Å². The van der Waals surface area contributed by atoms with Crippen molar-refractivity contribution in [3.8, 4) is 0 Å². The molecule has 1 aromatic heterocycles. The van der Waals surface area contributed by atoms with Gasteiger partial charge in [0.15, 0.2) is 0 Å². The van der Waals surface area contributed by atoms with Gasteiger partial charge in [-0.15, -0.1) is 0 Å². The maximum Gasteiger partial charge on any atom is 0.239 e. The lowest BCUT2D eigenvalue weighted by Gasteiger charge is -2.22. The molecule has 96 valence electrons. The number of aryl methyl sites for hydroxylation is 1. The largest absolute Gasteiger partial charge is 0.396 e. The third-order valence-electron chi connectivity index (χ3n) is 2.56. The first-order valence-electron chi connectivity index (χ1n) is 5.76. The molecule has 0 aromatic carbocycles. The summed E-state index contributed by atoms with van der Waals surface area (Å²) in [6.45, 7) is 6.24. The van der Waals surface area contributed by atoms with Crippen LogP contribution in [0.25, 0.3) is 0 Å². The van der Waals surface area contributed by atoms with Crippen molar-refractivity contribution in [2.75, 3.05) is 17.3 Å². The molecule has 0 radical (unpaired) electrons. The summed E-state index contributed by atoms with van der Waals surface area (Å²) in [6.07, 6.45) is 0.687. The van der Waals surface area contributed by atoms with Crippen LogP contribution in [0.2, 0.25) is 0 Å². The van der Waals surface area contributed by atoms with E-state index in [-0.39, 0.29) is 12.6 Å². The summed E-state index contributed by atoms with van der Waals surface area (Å²) < 4.78 is 0. The minimum absolute atomic E-state index is 0.155. The van der Waals surface area contributed by atoms with E-state index in [0.29, 0.717) is 18.3 Å². The van der Waals surface area contributed by atoms with Crippen molar-refractivity contribution in [2.45, 2.75) is 33.2 Å². The van der Waals surface area contributed by atoms with E-state index in [1.807, 2.05) is 13.0 Å². The molecule has 0 bridgehead atoms. The standard InChI is InChI=1S/C11H21N5O/c1-7(2)9(4-5-17)14-10-6-8(3)13-11(15-10)16-12/h6-7,9,17H,4-5,12H2,1-3H3,(H2,13,14,15,16). The lowest BCUT2D eigenvalue weighted by molar-refractivity contribution is 0.267. The van der Waals surface area contributed by atoms with E-state index in [9.17, 15) is 0 Å².